The van der Waals surface area contributed by atoms with Crippen molar-refractivity contribution in [2.75, 3.05) is 0 Å². The molecule has 1 atom stereocenters. The lowest BCUT2D eigenvalue weighted by atomic mass is 9.81. The van der Waals surface area contributed by atoms with E-state index in [4.69, 9.17) is 5.11 Å². The molecule has 3 rings (SSSR count). The molecule has 0 saturated carbocycles. The highest BCUT2D eigenvalue weighted by Crippen LogP contribution is 2.31. The fraction of sp³-hybridized carbons (Fsp3) is 0.200. The molecule has 1 aliphatic rings. The minimum Gasteiger partial charge on any atom is -0.481 e. The van der Waals surface area contributed by atoms with Crippen LogP contribution in [0, 0.1) is 5.92 Å². The smallest absolute Gasteiger partial charge is 0.307 e. The highest BCUT2D eigenvalue weighted by atomic mass is 16.4. The van der Waals surface area contributed by atoms with Gasteiger partial charge in [-0.15, -0.1) is 0 Å². The second-order valence-electron chi connectivity index (χ2n) is 4.68. The summed E-state index contributed by atoms with van der Waals surface area (Å²) < 4.78 is 0. The second-order valence-corrected chi connectivity index (χ2v) is 4.68. The Kier molecular flexibility index (Phi) is 2.40. The van der Waals surface area contributed by atoms with Crippen LogP contribution in [0.5, 0.6) is 0 Å². The number of carbonyl (C=O) groups excluding carboxylic acids is 1. The normalized spacial score (nSPS) is 18.7. The van der Waals surface area contributed by atoms with Gasteiger partial charge >= 0.3 is 5.97 Å². The molecule has 0 aromatic heterocycles. The van der Waals surface area contributed by atoms with Crippen LogP contribution in [0.2, 0.25) is 0 Å². The van der Waals surface area contributed by atoms with Gasteiger partial charge in [-0.2, -0.15) is 0 Å². The number of ketones is 1. The molecular formula is C15H12O3. The lowest BCUT2D eigenvalue weighted by molar-refractivity contribution is -0.141. The highest BCUT2D eigenvalue weighted by Gasteiger charge is 2.30. The first kappa shape index (κ1) is 11.0. The van der Waals surface area contributed by atoms with Crippen molar-refractivity contribution in [2.45, 2.75) is 12.8 Å². The maximum absolute atomic E-state index is 12.0. The minimum absolute atomic E-state index is 0.0607. The average Bonchev–Trinajstić information content (AvgIpc) is 2.38. The van der Waals surface area contributed by atoms with Gasteiger partial charge in [-0.3, -0.25) is 9.59 Å². The number of carboxylic acids is 1. The average molecular weight is 240 g/mol. The number of carbonyl (C=O) groups is 2. The molecule has 2 aromatic rings. The summed E-state index contributed by atoms with van der Waals surface area (Å²) in [7, 11) is 0. The summed E-state index contributed by atoms with van der Waals surface area (Å²) in [6.45, 7) is 0. The maximum atomic E-state index is 12.0. The van der Waals surface area contributed by atoms with Crippen molar-refractivity contribution in [1.29, 1.82) is 0 Å². The van der Waals surface area contributed by atoms with E-state index in [1.54, 1.807) is 0 Å². The standard InChI is InChI=1S/C15H12O3/c16-14-8-10(15(17)18)7-13-11-4-2-1-3-9(11)5-6-12(13)14/h1-6,10H,7-8H2,(H,17,18). The molecule has 0 heterocycles. The van der Waals surface area contributed by atoms with Crippen molar-refractivity contribution < 1.29 is 14.7 Å². The van der Waals surface area contributed by atoms with Gasteiger partial charge in [0.15, 0.2) is 5.78 Å². The number of aliphatic carboxylic acids is 1. The van der Waals surface area contributed by atoms with Crippen molar-refractivity contribution in [1.82, 2.24) is 0 Å². The molecule has 0 aliphatic heterocycles. The molecule has 1 unspecified atom stereocenters. The first-order valence-electron chi connectivity index (χ1n) is 5.93. The van der Waals surface area contributed by atoms with E-state index in [0.29, 0.717) is 12.0 Å². The van der Waals surface area contributed by atoms with Crippen LogP contribution in [0.4, 0.5) is 0 Å². The van der Waals surface area contributed by atoms with Crippen molar-refractivity contribution in [3.63, 3.8) is 0 Å². The predicted molar refractivity (Wildman–Crippen MR) is 67.7 cm³/mol. The SMILES string of the molecule is O=C1CC(C(=O)O)Cc2c1ccc1ccccc21. The van der Waals surface area contributed by atoms with E-state index in [1.165, 1.54) is 0 Å². The molecule has 1 aliphatic carbocycles. The van der Waals surface area contributed by atoms with Crippen molar-refractivity contribution >= 4 is 22.5 Å². The van der Waals surface area contributed by atoms with Crippen LogP contribution in [-0.2, 0) is 11.2 Å². The van der Waals surface area contributed by atoms with E-state index in [9.17, 15) is 9.59 Å². The van der Waals surface area contributed by atoms with Crippen molar-refractivity contribution in [3.05, 3.63) is 47.5 Å². The molecule has 3 nitrogen and oxygen atoms in total. The summed E-state index contributed by atoms with van der Waals surface area (Å²) in [6, 6.07) is 11.5. The van der Waals surface area contributed by atoms with Gasteiger partial charge in [0, 0.05) is 12.0 Å². The zero-order valence-electron chi connectivity index (χ0n) is 9.72. The summed E-state index contributed by atoms with van der Waals surface area (Å²) in [4.78, 5) is 23.1. The first-order chi connectivity index (χ1) is 8.66. The fourth-order valence-corrected chi connectivity index (χ4v) is 2.64. The number of benzene rings is 2. The van der Waals surface area contributed by atoms with Gasteiger partial charge in [0.2, 0.25) is 0 Å². The van der Waals surface area contributed by atoms with E-state index < -0.39 is 11.9 Å². The van der Waals surface area contributed by atoms with Crippen LogP contribution in [0.25, 0.3) is 10.8 Å². The molecule has 0 fully saturated rings. The van der Waals surface area contributed by atoms with E-state index >= 15 is 0 Å². The summed E-state index contributed by atoms with van der Waals surface area (Å²) in [5.74, 6) is -1.54. The van der Waals surface area contributed by atoms with Crippen molar-refractivity contribution in [3.8, 4) is 0 Å². The third kappa shape index (κ3) is 1.59. The Balaban J connectivity index is 2.23. The van der Waals surface area contributed by atoms with E-state index in [2.05, 4.69) is 0 Å². The van der Waals surface area contributed by atoms with Crippen LogP contribution >= 0.6 is 0 Å². The molecule has 0 bridgehead atoms. The summed E-state index contributed by atoms with van der Waals surface area (Å²) in [5.41, 5.74) is 1.57. The molecule has 0 radical (unpaired) electrons. The van der Waals surface area contributed by atoms with Gasteiger partial charge in [-0.25, -0.2) is 0 Å². The molecule has 0 amide bonds. The Labute approximate surface area is 104 Å². The third-order valence-electron chi connectivity index (χ3n) is 3.57. The monoisotopic (exact) mass is 240 g/mol. The van der Waals surface area contributed by atoms with E-state index in [1.807, 2.05) is 36.4 Å². The third-order valence-corrected chi connectivity index (χ3v) is 3.57. The molecule has 1 N–H and O–H groups in total. The van der Waals surface area contributed by atoms with Crippen LogP contribution in [0.15, 0.2) is 36.4 Å². The quantitative estimate of drug-likeness (QED) is 0.833. The van der Waals surface area contributed by atoms with Gasteiger partial charge in [-0.1, -0.05) is 36.4 Å². The largest absolute Gasteiger partial charge is 0.481 e. The minimum atomic E-state index is -0.887. The van der Waals surface area contributed by atoms with E-state index in [-0.39, 0.29) is 12.2 Å². The second kappa shape index (κ2) is 3.95. The molecule has 0 spiro atoms. The summed E-state index contributed by atoms with van der Waals surface area (Å²) in [5, 5.41) is 11.1. The van der Waals surface area contributed by atoms with E-state index in [0.717, 1.165) is 16.3 Å². The van der Waals surface area contributed by atoms with Gasteiger partial charge in [0.25, 0.3) is 0 Å². The van der Waals surface area contributed by atoms with Crippen LogP contribution in [0.1, 0.15) is 22.3 Å². The lowest BCUT2D eigenvalue weighted by Crippen LogP contribution is -2.26. The molecule has 0 saturated heterocycles. The number of hydrogen-bond acceptors (Lipinski definition) is 2. The Hall–Kier alpha value is -2.16. The Morgan fingerprint density at radius 2 is 1.89 bits per heavy atom. The molecule has 3 heteroatoms. The molecule has 90 valence electrons. The highest BCUT2D eigenvalue weighted by molar-refractivity contribution is 6.05. The predicted octanol–water partition coefficient (Wildman–Crippen LogP) is 2.67. The number of rotatable bonds is 1. The lowest BCUT2D eigenvalue weighted by Gasteiger charge is -2.22. The maximum Gasteiger partial charge on any atom is 0.307 e. The first-order valence-corrected chi connectivity index (χ1v) is 5.93. The zero-order chi connectivity index (χ0) is 12.7. The number of fused-ring (bicyclic) bond motifs is 3. The van der Waals surface area contributed by atoms with Crippen LogP contribution < -0.4 is 0 Å². The topological polar surface area (TPSA) is 54.4 Å². The Bertz CT molecular complexity index is 658. The number of carboxylic acid groups (broad SMARTS) is 1. The summed E-state index contributed by atoms with van der Waals surface area (Å²) >= 11 is 0. The number of Topliss-reactive ketones (excluding diaryl/α,β-unsaturated/α-hetero) is 1. The Morgan fingerprint density at radius 1 is 1.11 bits per heavy atom. The van der Waals surface area contributed by atoms with Gasteiger partial charge in [0.05, 0.1) is 5.92 Å². The fourth-order valence-electron chi connectivity index (χ4n) is 2.64. The van der Waals surface area contributed by atoms with Crippen LogP contribution in [0.3, 0.4) is 0 Å². The van der Waals surface area contributed by atoms with Crippen LogP contribution in [-0.4, -0.2) is 16.9 Å². The van der Waals surface area contributed by atoms with Crippen molar-refractivity contribution in [2.24, 2.45) is 5.92 Å². The molecular weight excluding hydrogens is 228 g/mol. The van der Waals surface area contributed by atoms with Gasteiger partial charge in [0.1, 0.15) is 0 Å². The number of hydrogen-bond donors (Lipinski definition) is 1. The molecule has 2 aromatic carbocycles. The molecule has 18 heavy (non-hydrogen) atoms. The Morgan fingerprint density at radius 3 is 2.67 bits per heavy atom. The van der Waals surface area contributed by atoms with Gasteiger partial charge < -0.3 is 5.11 Å². The zero-order valence-corrected chi connectivity index (χ0v) is 9.72. The summed E-state index contributed by atoms with van der Waals surface area (Å²) in [6.07, 6.45) is 0.554. The van der Waals surface area contributed by atoms with Gasteiger partial charge in [-0.05, 0) is 22.8 Å².